The summed E-state index contributed by atoms with van der Waals surface area (Å²) in [5, 5.41) is 3.10. The Morgan fingerprint density at radius 3 is 2.82 bits per heavy atom. The van der Waals surface area contributed by atoms with Gasteiger partial charge in [0.1, 0.15) is 0 Å². The summed E-state index contributed by atoms with van der Waals surface area (Å²) >= 11 is 0. The fraction of sp³-hybridized carbons (Fsp3) is 0.786. The molecule has 0 aromatic carbocycles. The highest BCUT2D eigenvalue weighted by Gasteiger charge is 2.39. The molecule has 1 saturated carbocycles. The fourth-order valence-corrected chi connectivity index (χ4v) is 3.25. The van der Waals surface area contributed by atoms with E-state index in [1.165, 1.54) is 12.8 Å². The summed E-state index contributed by atoms with van der Waals surface area (Å²) in [4.78, 5) is 14.1. The monoisotopic (exact) mass is 232 g/mol. The largest absolute Gasteiger partial charge is 0.354 e. The summed E-state index contributed by atoms with van der Waals surface area (Å²) in [7, 11) is 0. The van der Waals surface area contributed by atoms with Gasteiger partial charge in [0.05, 0.1) is 0 Å². The number of fused-ring (bicyclic) bond motifs is 3. The summed E-state index contributed by atoms with van der Waals surface area (Å²) in [5.41, 5.74) is 0. The van der Waals surface area contributed by atoms with Crippen LogP contribution in [0.4, 0.5) is 0 Å². The summed E-state index contributed by atoms with van der Waals surface area (Å²) in [5.74, 6) is 4.64. The molecule has 3 heterocycles. The third kappa shape index (κ3) is 2.19. The first-order valence-electron chi connectivity index (χ1n) is 6.76. The highest BCUT2D eigenvalue weighted by atomic mass is 16.2. The number of nitrogens with zero attached hydrogens (tertiary/aromatic N) is 1. The highest BCUT2D eigenvalue weighted by Crippen LogP contribution is 2.35. The van der Waals surface area contributed by atoms with E-state index in [0.29, 0.717) is 23.8 Å². The quantitative estimate of drug-likeness (QED) is 0.732. The first-order valence-corrected chi connectivity index (χ1v) is 6.76. The Kier molecular flexibility index (Phi) is 2.84. The lowest BCUT2D eigenvalue weighted by Gasteiger charge is -2.48. The molecular formula is C14H20N2O. The molecule has 92 valence electrons. The van der Waals surface area contributed by atoms with E-state index < -0.39 is 0 Å². The molecule has 4 aliphatic rings. The molecule has 1 aliphatic carbocycles. The van der Waals surface area contributed by atoms with Gasteiger partial charge in [-0.15, -0.1) is 12.3 Å². The number of carbonyl (C=O) groups excluding carboxylic acids is 1. The van der Waals surface area contributed by atoms with Gasteiger partial charge >= 0.3 is 0 Å². The third-order valence-corrected chi connectivity index (χ3v) is 4.55. The Hall–Kier alpha value is -1.01. The number of rotatable bonds is 3. The van der Waals surface area contributed by atoms with Crippen LogP contribution in [-0.4, -0.2) is 36.5 Å². The van der Waals surface area contributed by atoms with E-state index in [-0.39, 0.29) is 5.91 Å². The number of nitrogens with one attached hydrogen (secondary N) is 1. The zero-order valence-corrected chi connectivity index (χ0v) is 10.2. The molecule has 3 saturated heterocycles. The normalized spacial score (nSPS) is 39.7. The van der Waals surface area contributed by atoms with Gasteiger partial charge in [0, 0.05) is 31.0 Å². The van der Waals surface area contributed by atoms with E-state index in [9.17, 15) is 4.79 Å². The second-order valence-electron chi connectivity index (χ2n) is 5.73. The molecule has 0 radical (unpaired) electrons. The molecule has 0 aromatic heterocycles. The van der Waals surface area contributed by atoms with E-state index in [2.05, 4.69) is 16.1 Å². The third-order valence-electron chi connectivity index (χ3n) is 4.55. The number of piperidine rings is 3. The predicted octanol–water partition coefficient (Wildman–Crippen LogP) is 0.856. The fourth-order valence-electron chi connectivity index (χ4n) is 3.25. The van der Waals surface area contributed by atoms with Gasteiger partial charge in [-0.2, -0.15) is 0 Å². The van der Waals surface area contributed by atoms with Crippen molar-refractivity contribution in [1.82, 2.24) is 10.2 Å². The van der Waals surface area contributed by atoms with Crippen molar-refractivity contribution >= 4 is 5.91 Å². The van der Waals surface area contributed by atoms with E-state index in [1.54, 1.807) is 0 Å². The Bertz CT molecular complexity index is 356. The van der Waals surface area contributed by atoms with Crippen LogP contribution in [0.1, 0.15) is 25.7 Å². The minimum absolute atomic E-state index is 0.265. The zero-order chi connectivity index (χ0) is 11.8. The molecule has 0 spiro atoms. The molecule has 17 heavy (non-hydrogen) atoms. The average Bonchev–Trinajstić information content (AvgIpc) is 3.20. The van der Waals surface area contributed by atoms with Crippen LogP contribution < -0.4 is 5.32 Å². The average molecular weight is 232 g/mol. The molecule has 4 atom stereocenters. The summed E-state index contributed by atoms with van der Waals surface area (Å²) in [6.45, 7) is 3.01. The SMILES string of the molecule is C#C[C@H]1CN2CC[C@@H]1C[C@@H]2CNC(=O)C1CC1. The summed E-state index contributed by atoms with van der Waals surface area (Å²) in [6.07, 6.45) is 10.1. The molecule has 3 nitrogen and oxygen atoms in total. The maximum atomic E-state index is 11.6. The van der Waals surface area contributed by atoms with Gasteiger partial charge in [-0.25, -0.2) is 0 Å². The van der Waals surface area contributed by atoms with Crippen molar-refractivity contribution in [2.24, 2.45) is 17.8 Å². The number of carbonyl (C=O) groups is 1. The van der Waals surface area contributed by atoms with Crippen molar-refractivity contribution in [1.29, 1.82) is 0 Å². The van der Waals surface area contributed by atoms with Crippen molar-refractivity contribution < 1.29 is 4.79 Å². The molecule has 1 unspecified atom stereocenters. The minimum Gasteiger partial charge on any atom is -0.354 e. The van der Waals surface area contributed by atoms with Crippen molar-refractivity contribution in [3.05, 3.63) is 0 Å². The molecule has 0 aromatic rings. The van der Waals surface area contributed by atoms with Crippen LogP contribution in [0, 0.1) is 30.1 Å². The van der Waals surface area contributed by atoms with Gasteiger partial charge < -0.3 is 5.32 Å². The van der Waals surface area contributed by atoms with Gasteiger partial charge in [-0.1, -0.05) is 0 Å². The van der Waals surface area contributed by atoms with Crippen LogP contribution in [0.15, 0.2) is 0 Å². The van der Waals surface area contributed by atoms with Crippen molar-refractivity contribution in [3.8, 4) is 12.3 Å². The van der Waals surface area contributed by atoms with Crippen LogP contribution in [0.3, 0.4) is 0 Å². The zero-order valence-electron chi connectivity index (χ0n) is 10.2. The van der Waals surface area contributed by atoms with Crippen molar-refractivity contribution in [2.45, 2.75) is 31.7 Å². The van der Waals surface area contributed by atoms with Gasteiger partial charge in [0.25, 0.3) is 0 Å². The summed E-state index contributed by atoms with van der Waals surface area (Å²) < 4.78 is 0. The highest BCUT2D eigenvalue weighted by molar-refractivity contribution is 5.80. The number of terminal acetylenes is 1. The van der Waals surface area contributed by atoms with Crippen LogP contribution in [0.2, 0.25) is 0 Å². The standard InChI is InChI=1S/C14H20N2O/c1-2-10-9-16-6-5-12(10)7-13(16)8-15-14(17)11-3-4-11/h1,10-13H,3-9H2,(H,15,17)/t10-,12+,13+/m0/s1. The van der Waals surface area contributed by atoms with Crippen molar-refractivity contribution in [3.63, 3.8) is 0 Å². The van der Waals surface area contributed by atoms with Gasteiger partial charge in [-0.3, -0.25) is 9.69 Å². The maximum Gasteiger partial charge on any atom is 0.223 e. The molecular weight excluding hydrogens is 212 g/mol. The van der Waals surface area contributed by atoms with Crippen LogP contribution >= 0.6 is 0 Å². The maximum absolute atomic E-state index is 11.6. The summed E-state index contributed by atoms with van der Waals surface area (Å²) in [6, 6.07) is 0.529. The predicted molar refractivity (Wildman–Crippen MR) is 66.1 cm³/mol. The second-order valence-corrected chi connectivity index (χ2v) is 5.73. The lowest BCUT2D eigenvalue weighted by Crippen LogP contribution is -2.56. The molecule has 3 aliphatic heterocycles. The van der Waals surface area contributed by atoms with Crippen LogP contribution in [0.5, 0.6) is 0 Å². The molecule has 1 N–H and O–H groups in total. The minimum atomic E-state index is 0.265. The molecule has 4 fully saturated rings. The van der Waals surface area contributed by atoms with E-state index in [4.69, 9.17) is 6.42 Å². The van der Waals surface area contributed by atoms with E-state index in [0.717, 1.165) is 32.5 Å². The smallest absolute Gasteiger partial charge is 0.223 e. The Morgan fingerprint density at radius 2 is 2.24 bits per heavy atom. The topological polar surface area (TPSA) is 32.3 Å². The number of hydrogen-bond donors (Lipinski definition) is 1. The molecule has 2 bridgehead atoms. The van der Waals surface area contributed by atoms with Crippen molar-refractivity contribution in [2.75, 3.05) is 19.6 Å². The van der Waals surface area contributed by atoms with Gasteiger partial charge in [0.2, 0.25) is 5.91 Å². The first kappa shape index (κ1) is 11.1. The van der Waals surface area contributed by atoms with Crippen LogP contribution in [-0.2, 0) is 4.79 Å². The lowest BCUT2D eigenvalue weighted by molar-refractivity contribution is -0.122. The van der Waals surface area contributed by atoms with Crippen LogP contribution in [0.25, 0.3) is 0 Å². The second kappa shape index (κ2) is 4.34. The number of hydrogen-bond acceptors (Lipinski definition) is 2. The first-order chi connectivity index (χ1) is 8.28. The van der Waals surface area contributed by atoms with E-state index >= 15 is 0 Å². The molecule has 3 heteroatoms. The Balaban J connectivity index is 1.52. The Labute approximate surface area is 103 Å². The molecule has 4 rings (SSSR count). The van der Waals surface area contributed by atoms with Gasteiger partial charge in [-0.05, 0) is 38.1 Å². The molecule has 1 amide bonds. The lowest BCUT2D eigenvalue weighted by atomic mass is 9.76. The van der Waals surface area contributed by atoms with E-state index in [1.807, 2.05) is 0 Å². The van der Waals surface area contributed by atoms with Gasteiger partial charge in [0.15, 0.2) is 0 Å². The Morgan fingerprint density at radius 1 is 1.41 bits per heavy atom. The number of amides is 1.